The summed E-state index contributed by atoms with van der Waals surface area (Å²) >= 11 is 8.92. The SMILES string of the molecule is Cc1nc(CSc2ccccc2C(=O)OCC(=O)Nc2ccc(Cl)cc2)cs1. The highest BCUT2D eigenvalue weighted by Crippen LogP contribution is 2.27. The number of hydrogen-bond acceptors (Lipinski definition) is 6. The zero-order chi connectivity index (χ0) is 19.9. The van der Waals surface area contributed by atoms with E-state index in [2.05, 4.69) is 10.3 Å². The van der Waals surface area contributed by atoms with Gasteiger partial charge in [0.1, 0.15) is 0 Å². The van der Waals surface area contributed by atoms with Gasteiger partial charge in [0.2, 0.25) is 0 Å². The molecular weight excluding hydrogens is 416 g/mol. The molecule has 5 nitrogen and oxygen atoms in total. The molecule has 1 aromatic heterocycles. The largest absolute Gasteiger partial charge is 0.452 e. The summed E-state index contributed by atoms with van der Waals surface area (Å²) < 4.78 is 5.18. The van der Waals surface area contributed by atoms with Gasteiger partial charge < -0.3 is 10.1 Å². The number of halogens is 1. The summed E-state index contributed by atoms with van der Waals surface area (Å²) in [5, 5.41) is 6.24. The number of amides is 1. The fraction of sp³-hybridized carbons (Fsp3) is 0.150. The monoisotopic (exact) mass is 432 g/mol. The zero-order valence-electron chi connectivity index (χ0n) is 15.0. The lowest BCUT2D eigenvalue weighted by Gasteiger charge is -2.09. The van der Waals surface area contributed by atoms with Crippen molar-refractivity contribution in [1.82, 2.24) is 4.98 Å². The molecule has 0 aliphatic carbocycles. The molecule has 1 heterocycles. The minimum absolute atomic E-state index is 0.369. The molecule has 0 unspecified atom stereocenters. The van der Waals surface area contributed by atoms with Crippen LogP contribution in [-0.2, 0) is 15.3 Å². The second-order valence-corrected chi connectivity index (χ2v) is 8.29. The van der Waals surface area contributed by atoms with E-state index in [1.807, 2.05) is 24.4 Å². The molecule has 28 heavy (non-hydrogen) atoms. The maximum atomic E-state index is 12.4. The quantitative estimate of drug-likeness (QED) is 0.411. The number of thioether (sulfide) groups is 1. The number of benzene rings is 2. The number of hydrogen-bond donors (Lipinski definition) is 1. The van der Waals surface area contributed by atoms with E-state index in [0.29, 0.717) is 22.0 Å². The lowest BCUT2D eigenvalue weighted by molar-refractivity contribution is -0.119. The van der Waals surface area contributed by atoms with Gasteiger partial charge >= 0.3 is 5.97 Å². The summed E-state index contributed by atoms with van der Waals surface area (Å²) in [5.74, 6) is -0.298. The fourth-order valence-electron chi connectivity index (χ4n) is 2.33. The Morgan fingerprint density at radius 2 is 1.93 bits per heavy atom. The molecule has 0 aliphatic heterocycles. The van der Waals surface area contributed by atoms with Gasteiger partial charge in [0.05, 0.1) is 16.3 Å². The third-order valence-corrected chi connectivity index (χ3v) is 5.79. The molecule has 8 heteroatoms. The van der Waals surface area contributed by atoms with Crippen molar-refractivity contribution in [3.05, 3.63) is 75.2 Å². The van der Waals surface area contributed by atoms with Crippen molar-refractivity contribution in [2.75, 3.05) is 11.9 Å². The molecule has 3 rings (SSSR count). The van der Waals surface area contributed by atoms with E-state index in [1.165, 1.54) is 11.8 Å². The van der Waals surface area contributed by atoms with Gasteiger partial charge in [-0.05, 0) is 43.3 Å². The number of nitrogens with one attached hydrogen (secondary N) is 1. The number of nitrogens with zero attached hydrogens (tertiary/aromatic N) is 1. The van der Waals surface area contributed by atoms with Crippen molar-refractivity contribution in [1.29, 1.82) is 0 Å². The van der Waals surface area contributed by atoms with Crippen LogP contribution in [0.25, 0.3) is 0 Å². The minimum Gasteiger partial charge on any atom is -0.452 e. The summed E-state index contributed by atoms with van der Waals surface area (Å²) in [4.78, 5) is 29.6. The summed E-state index contributed by atoms with van der Waals surface area (Å²) in [6, 6.07) is 13.9. The lowest BCUT2D eigenvalue weighted by atomic mass is 10.2. The zero-order valence-corrected chi connectivity index (χ0v) is 17.4. The van der Waals surface area contributed by atoms with E-state index in [0.717, 1.165) is 15.6 Å². The Bertz CT molecular complexity index is 974. The van der Waals surface area contributed by atoms with Crippen molar-refractivity contribution in [2.24, 2.45) is 0 Å². The molecule has 0 atom stereocenters. The smallest absolute Gasteiger partial charge is 0.339 e. The molecule has 0 aliphatic rings. The van der Waals surface area contributed by atoms with Crippen molar-refractivity contribution in [2.45, 2.75) is 17.6 Å². The van der Waals surface area contributed by atoms with Gasteiger partial charge in [-0.2, -0.15) is 0 Å². The van der Waals surface area contributed by atoms with E-state index < -0.39 is 11.9 Å². The Labute approximate surface area is 176 Å². The van der Waals surface area contributed by atoms with Crippen LogP contribution in [0.3, 0.4) is 0 Å². The number of anilines is 1. The van der Waals surface area contributed by atoms with Crippen molar-refractivity contribution in [3.63, 3.8) is 0 Å². The van der Waals surface area contributed by atoms with Crippen molar-refractivity contribution >= 4 is 52.3 Å². The van der Waals surface area contributed by atoms with E-state index in [-0.39, 0.29) is 6.61 Å². The maximum Gasteiger partial charge on any atom is 0.339 e. The number of rotatable bonds is 7. The summed E-state index contributed by atoms with van der Waals surface area (Å²) in [6.45, 7) is 1.59. The molecule has 144 valence electrons. The number of esters is 1. The van der Waals surface area contributed by atoms with Crippen LogP contribution in [0.1, 0.15) is 21.1 Å². The molecule has 3 aromatic rings. The van der Waals surface area contributed by atoms with Crippen molar-refractivity contribution < 1.29 is 14.3 Å². The van der Waals surface area contributed by atoms with Crippen LogP contribution < -0.4 is 5.32 Å². The molecule has 0 radical (unpaired) electrons. The number of thiazole rings is 1. The normalized spacial score (nSPS) is 10.5. The van der Waals surface area contributed by atoms with E-state index in [4.69, 9.17) is 16.3 Å². The minimum atomic E-state index is -0.538. The van der Waals surface area contributed by atoms with Gasteiger partial charge in [-0.1, -0.05) is 23.7 Å². The van der Waals surface area contributed by atoms with E-state index >= 15 is 0 Å². The van der Waals surface area contributed by atoms with Crippen molar-refractivity contribution in [3.8, 4) is 0 Å². The predicted molar refractivity (Wildman–Crippen MR) is 113 cm³/mol. The molecule has 0 saturated carbocycles. The fourth-order valence-corrected chi connectivity index (χ4v) is 4.10. The Balaban J connectivity index is 1.56. The number of ether oxygens (including phenoxy) is 1. The molecule has 0 bridgehead atoms. The highest BCUT2D eigenvalue weighted by Gasteiger charge is 2.15. The molecule has 0 spiro atoms. The average molecular weight is 433 g/mol. The third kappa shape index (κ3) is 5.82. The molecule has 1 amide bonds. The highest BCUT2D eigenvalue weighted by atomic mass is 35.5. The standard InChI is InChI=1S/C20H17ClN2O3S2/c1-13-22-16(11-27-13)12-28-18-5-3-2-4-17(18)20(25)26-10-19(24)23-15-8-6-14(21)7-9-15/h2-9,11H,10,12H2,1H3,(H,23,24). The van der Waals surface area contributed by atoms with Gasteiger partial charge in [-0.25, -0.2) is 9.78 Å². The lowest BCUT2D eigenvalue weighted by Crippen LogP contribution is -2.21. The van der Waals surface area contributed by atoms with Crippen LogP contribution in [0.15, 0.2) is 58.8 Å². The first-order valence-electron chi connectivity index (χ1n) is 8.36. The Hall–Kier alpha value is -2.35. The number of carbonyl (C=O) groups excluding carboxylic acids is 2. The Morgan fingerprint density at radius 1 is 1.18 bits per heavy atom. The number of carbonyl (C=O) groups is 2. The van der Waals surface area contributed by atoms with Crippen LogP contribution in [-0.4, -0.2) is 23.5 Å². The Kier molecular flexibility index (Phi) is 7.08. The molecular formula is C20H17ClN2O3S2. The first-order valence-corrected chi connectivity index (χ1v) is 10.6. The average Bonchev–Trinajstić information content (AvgIpc) is 3.12. The molecule has 2 aromatic carbocycles. The van der Waals surface area contributed by atoms with Gasteiger partial charge in [0.25, 0.3) is 5.91 Å². The molecule has 0 saturated heterocycles. The van der Waals surface area contributed by atoms with Crippen LogP contribution in [0.5, 0.6) is 0 Å². The summed E-state index contributed by atoms with van der Waals surface area (Å²) in [6.07, 6.45) is 0. The van der Waals surface area contributed by atoms with Gasteiger partial charge in [-0.3, -0.25) is 4.79 Å². The second-order valence-electron chi connectivity index (χ2n) is 5.77. The molecule has 1 N–H and O–H groups in total. The van der Waals surface area contributed by atoms with Crippen LogP contribution in [0.2, 0.25) is 5.02 Å². The number of aryl methyl sites for hydroxylation is 1. The van der Waals surface area contributed by atoms with Gasteiger partial charge in [-0.15, -0.1) is 23.1 Å². The van der Waals surface area contributed by atoms with Crippen LogP contribution >= 0.6 is 34.7 Å². The van der Waals surface area contributed by atoms with E-state index in [1.54, 1.807) is 47.7 Å². The maximum absolute atomic E-state index is 12.4. The van der Waals surface area contributed by atoms with Gasteiger partial charge in [0.15, 0.2) is 6.61 Å². The second kappa shape index (κ2) is 9.73. The number of aromatic nitrogens is 1. The highest BCUT2D eigenvalue weighted by molar-refractivity contribution is 7.98. The first kappa shape index (κ1) is 20.4. The predicted octanol–water partition coefficient (Wildman–Crippen LogP) is 5.19. The first-order chi connectivity index (χ1) is 13.5. The van der Waals surface area contributed by atoms with Gasteiger partial charge in [0, 0.05) is 26.7 Å². The Morgan fingerprint density at radius 3 is 2.64 bits per heavy atom. The third-order valence-electron chi connectivity index (χ3n) is 3.61. The van der Waals surface area contributed by atoms with E-state index in [9.17, 15) is 9.59 Å². The summed E-state index contributed by atoms with van der Waals surface area (Å²) in [7, 11) is 0. The van der Waals surface area contributed by atoms with Crippen LogP contribution in [0.4, 0.5) is 5.69 Å². The summed E-state index contributed by atoms with van der Waals surface area (Å²) in [5.41, 5.74) is 1.98. The topological polar surface area (TPSA) is 68.3 Å². The van der Waals surface area contributed by atoms with Crippen LogP contribution in [0, 0.1) is 6.92 Å². The molecule has 0 fully saturated rings.